The van der Waals surface area contributed by atoms with Gasteiger partial charge >= 0.3 is 17.9 Å². The van der Waals surface area contributed by atoms with Crippen molar-refractivity contribution in [2.45, 2.75) is 44.9 Å². The maximum Gasteiger partial charge on any atom is 0.336 e. The molecule has 0 amide bonds. The molecule has 1 saturated heterocycles. The van der Waals surface area contributed by atoms with Gasteiger partial charge < -0.3 is 29.6 Å². The summed E-state index contributed by atoms with van der Waals surface area (Å²) in [6.45, 7) is 9.75. The SMILES string of the molecule is Cc1ccc(CN(CCCN2CCOCC2)Cc2cnn(C)c2)o1.O=C(O)CC(O)(CC(=O)O)C(=O)O. The van der Waals surface area contributed by atoms with Gasteiger partial charge in [0.1, 0.15) is 11.5 Å². The van der Waals surface area contributed by atoms with Crippen LogP contribution in [0.2, 0.25) is 0 Å². The number of furan rings is 1. The van der Waals surface area contributed by atoms with Gasteiger partial charge in [0.15, 0.2) is 5.60 Å². The van der Waals surface area contributed by atoms with Crippen molar-refractivity contribution in [3.05, 3.63) is 41.6 Å². The molecule has 13 heteroatoms. The Balaban J connectivity index is 0.000000317. The molecule has 0 aromatic carbocycles. The molecule has 1 aliphatic rings. The van der Waals surface area contributed by atoms with Gasteiger partial charge in [0, 0.05) is 45.0 Å². The van der Waals surface area contributed by atoms with E-state index in [1.165, 1.54) is 5.56 Å². The van der Waals surface area contributed by atoms with Crippen molar-refractivity contribution in [2.24, 2.45) is 7.05 Å². The first-order chi connectivity index (χ1) is 17.5. The van der Waals surface area contributed by atoms with Gasteiger partial charge in [0.25, 0.3) is 0 Å². The van der Waals surface area contributed by atoms with Gasteiger partial charge in [-0.05, 0) is 32.0 Å². The quantitative estimate of drug-likeness (QED) is 0.290. The van der Waals surface area contributed by atoms with E-state index in [0.717, 1.165) is 70.4 Å². The first-order valence-electron chi connectivity index (χ1n) is 11.9. The summed E-state index contributed by atoms with van der Waals surface area (Å²) in [7, 11) is 1.96. The zero-order valence-corrected chi connectivity index (χ0v) is 21.2. The van der Waals surface area contributed by atoms with Gasteiger partial charge in [-0.25, -0.2) is 4.79 Å². The molecule has 0 spiro atoms. The lowest BCUT2D eigenvalue weighted by atomic mass is 9.96. The molecule has 0 bridgehead atoms. The van der Waals surface area contributed by atoms with Crippen molar-refractivity contribution in [1.29, 1.82) is 0 Å². The van der Waals surface area contributed by atoms with E-state index in [2.05, 4.69) is 27.2 Å². The van der Waals surface area contributed by atoms with Gasteiger partial charge in [-0.15, -0.1) is 0 Å². The third-order valence-electron chi connectivity index (χ3n) is 5.68. The first kappa shape index (κ1) is 30.0. The fourth-order valence-electron chi connectivity index (χ4n) is 3.87. The summed E-state index contributed by atoms with van der Waals surface area (Å²) in [5, 5.41) is 38.1. The van der Waals surface area contributed by atoms with Crippen molar-refractivity contribution in [3.8, 4) is 0 Å². The van der Waals surface area contributed by atoms with Crippen LogP contribution in [0.15, 0.2) is 28.9 Å². The van der Waals surface area contributed by atoms with E-state index in [-0.39, 0.29) is 0 Å². The smallest absolute Gasteiger partial charge is 0.336 e. The molecule has 0 saturated carbocycles. The van der Waals surface area contributed by atoms with Crippen molar-refractivity contribution in [2.75, 3.05) is 39.4 Å². The molecule has 3 heterocycles. The van der Waals surface area contributed by atoms with Gasteiger partial charge in [0.2, 0.25) is 0 Å². The highest BCUT2D eigenvalue weighted by molar-refractivity contribution is 5.88. The van der Waals surface area contributed by atoms with E-state index in [0.29, 0.717) is 0 Å². The summed E-state index contributed by atoms with van der Waals surface area (Å²) in [5.41, 5.74) is -1.50. The van der Waals surface area contributed by atoms with Crippen LogP contribution in [0.5, 0.6) is 0 Å². The van der Waals surface area contributed by atoms with Gasteiger partial charge in [-0.3, -0.25) is 24.1 Å². The number of hydrogen-bond donors (Lipinski definition) is 4. The summed E-state index contributed by atoms with van der Waals surface area (Å²) in [6, 6.07) is 4.11. The largest absolute Gasteiger partial charge is 0.481 e. The topological polar surface area (TPSA) is 179 Å². The molecule has 4 N–H and O–H groups in total. The zero-order valence-electron chi connectivity index (χ0n) is 21.2. The van der Waals surface area contributed by atoms with Crippen LogP contribution >= 0.6 is 0 Å². The molecule has 3 rings (SSSR count). The number of carboxylic acids is 3. The van der Waals surface area contributed by atoms with E-state index in [1.54, 1.807) is 0 Å². The average molecular weight is 525 g/mol. The second-order valence-corrected chi connectivity index (χ2v) is 9.03. The Kier molecular flexibility index (Phi) is 11.7. The van der Waals surface area contributed by atoms with E-state index in [4.69, 9.17) is 29.6 Å². The van der Waals surface area contributed by atoms with Crippen LogP contribution in [0.3, 0.4) is 0 Å². The standard InChI is InChI=1S/C18H28N4O2.C6H8O7/c1-16-4-5-18(24-16)15-22(14-17-12-19-20(2)13-17)7-3-6-21-8-10-23-11-9-21;7-3(8)1-6(13,5(11)12)2-4(9)10/h4-5,12-13H,3,6-11,14-15H2,1-2H3;13H,1-2H2,(H,7,8)(H,9,10)(H,11,12). The zero-order chi connectivity index (χ0) is 27.4. The highest BCUT2D eigenvalue weighted by Gasteiger charge is 2.40. The Morgan fingerprint density at radius 2 is 1.73 bits per heavy atom. The number of carboxylic acid groups (broad SMARTS) is 3. The number of hydrogen-bond acceptors (Lipinski definition) is 9. The molecule has 0 aliphatic carbocycles. The summed E-state index contributed by atoms with van der Waals surface area (Å²) in [4.78, 5) is 35.4. The van der Waals surface area contributed by atoms with E-state index >= 15 is 0 Å². The molecule has 2 aromatic heterocycles. The fourth-order valence-corrected chi connectivity index (χ4v) is 3.87. The molecule has 0 atom stereocenters. The number of aromatic nitrogens is 2. The third kappa shape index (κ3) is 11.1. The minimum absolute atomic E-state index is 0.839. The van der Waals surface area contributed by atoms with Crippen LogP contribution in [0, 0.1) is 6.92 Å². The minimum atomic E-state index is -2.74. The lowest BCUT2D eigenvalue weighted by molar-refractivity contribution is -0.170. The minimum Gasteiger partial charge on any atom is -0.481 e. The Labute approximate surface area is 214 Å². The van der Waals surface area contributed by atoms with Gasteiger partial charge in [-0.2, -0.15) is 5.10 Å². The Hall–Kier alpha value is -3.26. The number of carbonyl (C=O) groups is 3. The maximum atomic E-state index is 10.3. The molecule has 1 aliphatic heterocycles. The van der Waals surface area contributed by atoms with Gasteiger partial charge in [0.05, 0.1) is 38.8 Å². The number of rotatable bonds is 13. The summed E-state index contributed by atoms with van der Waals surface area (Å²) >= 11 is 0. The van der Waals surface area contributed by atoms with Crippen molar-refractivity contribution >= 4 is 17.9 Å². The highest BCUT2D eigenvalue weighted by Crippen LogP contribution is 2.16. The van der Waals surface area contributed by atoms with Crippen molar-refractivity contribution in [1.82, 2.24) is 19.6 Å². The lowest BCUT2D eigenvalue weighted by Crippen LogP contribution is -2.42. The molecule has 1 fully saturated rings. The molecule has 13 nitrogen and oxygen atoms in total. The van der Waals surface area contributed by atoms with E-state index in [1.807, 2.05) is 30.9 Å². The fraction of sp³-hybridized carbons (Fsp3) is 0.583. The van der Waals surface area contributed by atoms with Crippen molar-refractivity contribution < 1.29 is 44.0 Å². The average Bonchev–Trinajstić information content (AvgIpc) is 3.41. The number of ether oxygens (including phenoxy) is 1. The highest BCUT2D eigenvalue weighted by atomic mass is 16.5. The van der Waals surface area contributed by atoms with Crippen LogP contribution in [0.4, 0.5) is 0 Å². The third-order valence-corrected chi connectivity index (χ3v) is 5.68. The Morgan fingerprint density at radius 1 is 1.08 bits per heavy atom. The summed E-state index contributed by atoms with van der Waals surface area (Å²) in [5.74, 6) is -3.02. The number of aryl methyl sites for hydroxylation is 2. The molecular formula is C24H36N4O9. The van der Waals surface area contributed by atoms with Crippen molar-refractivity contribution in [3.63, 3.8) is 0 Å². The second-order valence-electron chi connectivity index (χ2n) is 9.03. The number of nitrogens with zero attached hydrogens (tertiary/aromatic N) is 4. The van der Waals surface area contributed by atoms with Crippen LogP contribution in [0.1, 0.15) is 36.3 Å². The van der Waals surface area contributed by atoms with Crippen LogP contribution in [-0.2, 0) is 39.3 Å². The van der Waals surface area contributed by atoms with E-state index in [9.17, 15) is 14.4 Å². The first-order valence-corrected chi connectivity index (χ1v) is 11.9. The molecule has 37 heavy (non-hydrogen) atoms. The predicted molar refractivity (Wildman–Crippen MR) is 130 cm³/mol. The molecule has 206 valence electrons. The van der Waals surface area contributed by atoms with Gasteiger partial charge in [-0.1, -0.05) is 0 Å². The van der Waals surface area contributed by atoms with Crippen LogP contribution < -0.4 is 0 Å². The summed E-state index contributed by atoms with van der Waals surface area (Å²) in [6.07, 6.45) is 2.90. The normalized spacial score (nSPS) is 14.3. The molecule has 2 aromatic rings. The number of aliphatic hydroxyl groups is 1. The molecular weight excluding hydrogens is 488 g/mol. The predicted octanol–water partition coefficient (Wildman–Crippen LogP) is 0.798. The van der Waals surface area contributed by atoms with Crippen LogP contribution in [0.25, 0.3) is 0 Å². The number of morpholine rings is 1. The van der Waals surface area contributed by atoms with Crippen LogP contribution in [-0.4, -0.2) is 103 Å². The monoisotopic (exact) mass is 524 g/mol. The molecule has 0 unspecified atom stereocenters. The number of aliphatic carboxylic acids is 3. The van der Waals surface area contributed by atoms with E-state index < -0.39 is 36.4 Å². The second kappa shape index (κ2) is 14.5. The Morgan fingerprint density at radius 3 is 2.22 bits per heavy atom. The molecule has 0 radical (unpaired) electrons. The maximum absolute atomic E-state index is 10.3. The summed E-state index contributed by atoms with van der Waals surface area (Å²) < 4.78 is 13.0. The Bertz CT molecular complexity index is 955. The lowest BCUT2D eigenvalue weighted by Gasteiger charge is -2.28.